The third-order valence-corrected chi connectivity index (χ3v) is 4.94. The molecule has 2 fully saturated rings. The molecule has 0 spiro atoms. The second kappa shape index (κ2) is 5.66. The molecule has 1 saturated heterocycles. The van der Waals surface area contributed by atoms with Crippen molar-refractivity contribution >= 4 is 0 Å². The van der Waals surface area contributed by atoms with Crippen LogP contribution >= 0.6 is 0 Å². The lowest BCUT2D eigenvalue weighted by molar-refractivity contribution is 0.411. The minimum atomic E-state index is 0.626. The van der Waals surface area contributed by atoms with Gasteiger partial charge in [0, 0.05) is 6.04 Å². The first kappa shape index (κ1) is 13.2. The first-order valence-electron chi connectivity index (χ1n) is 8.07. The fourth-order valence-electron chi connectivity index (χ4n) is 3.44. The Hall–Kier alpha value is -0.820. The molecule has 1 heteroatoms. The molecule has 1 saturated carbocycles. The molecule has 19 heavy (non-hydrogen) atoms. The molecule has 1 nitrogen and oxygen atoms in total. The zero-order valence-corrected chi connectivity index (χ0v) is 12.3. The number of allylic oxidation sites excluding steroid dienone is 4. The molecule has 3 rings (SSSR count). The van der Waals surface area contributed by atoms with Crippen molar-refractivity contribution in [3.05, 3.63) is 35.5 Å². The van der Waals surface area contributed by atoms with Crippen molar-refractivity contribution in [3.63, 3.8) is 0 Å². The normalized spacial score (nSPS) is 31.6. The first-order valence-corrected chi connectivity index (χ1v) is 8.07. The van der Waals surface area contributed by atoms with Crippen LogP contribution in [0, 0.1) is 11.8 Å². The van der Waals surface area contributed by atoms with E-state index in [1.54, 1.807) is 5.57 Å². The maximum absolute atomic E-state index is 4.33. The summed E-state index contributed by atoms with van der Waals surface area (Å²) in [5, 5.41) is 3.71. The van der Waals surface area contributed by atoms with Crippen molar-refractivity contribution < 1.29 is 0 Å². The quantitative estimate of drug-likeness (QED) is 0.788. The van der Waals surface area contributed by atoms with Crippen LogP contribution in [0.1, 0.15) is 51.9 Å². The zero-order chi connectivity index (χ0) is 13.2. The van der Waals surface area contributed by atoms with E-state index in [9.17, 15) is 0 Å². The van der Waals surface area contributed by atoms with Gasteiger partial charge in [0.05, 0.1) is 0 Å². The van der Waals surface area contributed by atoms with Crippen LogP contribution < -0.4 is 5.32 Å². The van der Waals surface area contributed by atoms with Gasteiger partial charge in [-0.3, -0.25) is 0 Å². The lowest BCUT2D eigenvalue weighted by Crippen LogP contribution is -2.37. The van der Waals surface area contributed by atoms with Crippen molar-refractivity contribution in [2.45, 2.75) is 57.9 Å². The van der Waals surface area contributed by atoms with Crippen molar-refractivity contribution in [1.82, 2.24) is 5.32 Å². The van der Waals surface area contributed by atoms with Crippen LogP contribution in [0.15, 0.2) is 35.5 Å². The highest BCUT2D eigenvalue weighted by Gasteiger charge is 2.26. The predicted octanol–water partition coefficient (Wildman–Crippen LogP) is 4.38. The van der Waals surface area contributed by atoms with E-state index in [0.717, 1.165) is 5.92 Å². The van der Waals surface area contributed by atoms with Crippen molar-refractivity contribution in [2.75, 3.05) is 6.54 Å². The van der Waals surface area contributed by atoms with Gasteiger partial charge < -0.3 is 5.32 Å². The summed E-state index contributed by atoms with van der Waals surface area (Å²) >= 11 is 0. The maximum Gasteiger partial charge on any atom is 0.0285 e. The molecular weight excluding hydrogens is 230 g/mol. The van der Waals surface area contributed by atoms with Gasteiger partial charge in [-0.2, -0.15) is 0 Å². The highest BCUT2D eigenvalue weighted by atomic mass is 14.9. The summed E-state index contributed by atoms with van der Waals surface area (Å²) in [6.45, 7) is 7.90. The monoisotopic (exact) mass is 257 g/mol. The van der Waals surface area contributed by atoms with Crippen LogP contribution in [0.5, 0.6) is 0 Å². The van der Waals surface area contributed by atoms with Crippen LogP contribution in [-0.4, -0.2) is 12.6 Å². The van der Waals surface area contributed by atoms with Crippen molar-refractivity contribution in [1.29, 1.82) is 0 Å². The Bertz CT molecular complexity index is 405. The molecule has 0 aromatic rings. The van der Waals surface area contributed by atoms with Crippen LogP contribution in [0.3, 0.4) is 0 Å². The van der Waals surface area contributed by atoms with Crippen molar-refractivity contribution in [3.8, 4) is 0 Å². The summed E-state index contributed by atoms with van der Waals surface area (Å²) < 4.78 is 0. The van der Waals surface area contributed by atoms with E-state index in [2.05, 4.69) is 31.0 Å². The minimum absolute atomic E-state index is 0.626. The van der Waals surface area contributed by atoms with Gasteiger partial charge in [-0.1, -0.05) is 32.1 Å². The standard InChI is InChI=1S/C18H27N/c1-13-6-9-16(14(2)11-15-7-8-15)12-17(13)18-5-3-4-10-19-18/h9,12-13,15,18-19H,2-8,10-11H2,1H3. The second-order valence-corrected chi connectivity index (χ2v) is 6.69. The van der Waals surface area contributed by atoms with Gasteiger partial charge in [-0.05, 0) is 73.6 Å². The zero-order valence-electron chi connectivity index (χ0n) is 12.3. The van der Waals surface area contributed by atoms with E-state index in [1.807, 2.05) is 0 Å². The molecule has 1 N–H and O–H groups in total. The predicted molar refractivity (Wildman–Crippen MR) is 82.1 cm³/mol. The first-order chi connectivity index (χ1) is 9.24. The summed E-state index contributed by atoms with van der Waals surface area (Å²) in [6.07, 6.45) is 14.2. The summed E-state index contributed by atoms with van der Waals surface area (Å²) in [4.78, 5) is 0. The van der Waals surface area contributed by atoms with Gasteiger partial charge in [-0.15, -0.1) is 0 Å². The Labute approximate surface area is 117 Å². The largest absolute Gasteiger partial charge is 0.310 e. The third-order valence-electron chi connectivity index (χ3n) is 4.94. The highest BCUT2D eigenvalue weighted by Crippen LogP contribution is 2.39. The number of hydrogen-bond donors (Lipinski definition) is 1. The molecule has 1 aliphatic heterocycles. The van der Waals surface area contributed by atoms with Crippen molar-refractivity contribution in [2.24, 2.45) is 11.8 Å². The molecular formula is C18H27N. The maximum atomic E-state index is 4.33. The fourth-order valence-corrected chi connectivity index (χ4v) is 3.44. The molecule has 104 valence electrons. The lowest BCUT2D eigenvalue weighted by atomic mass is 9.81. The molecule has 2 atom stereocenters. The lowest BCUT2D eigenvalue weighted by Gasteiger charge is -2.32. The third kappa shape index (κ3) is 3.20. The topological polar surface area (TPSA) is 12.0 Å². The number of piperidine rings is 1. The molecule has 1 heterocycles. The number of nitrogens with one attached hydrogen (secondary N) is 1. The molecule has 0 amide bonds. The average molecular weight is 257 g/mol. The molecule has 0 radical (unpaired) electrons. The molecule has 0 bridgehead atoms. The summed E-state index contributed by atoms with van der Waals surface area (Å²) in [5.41, 5.74) is 4.45. The Kier molecular flexibility index (Phi) is 3.93. The Morgan fingerprint density at radius 3 is 2.84 bits per heavy atom. The van der Waals surface area contributed by atoms with E-state index in [4.69, 9.17) is 0 Å². The summed E-state index contributed by atoms with van der Waals surface area (Å²) in [7, 11) is 0. The molecule has 0 aromatic heterocycles. The molecule has 0 aromatic carbocycles. The minimum Gasteiger partial charge on any atom is -0.310 e. The van der Waals surface area contributed by atoms with E-state index >= 15 is 0 Å². The second-order valence-electron chi connectivity index (χ2n) is 6.69. The van der Waals surface area contributed by atoms with Gasteiger partial charge in [-0.25, -0.2) is 0 Å². The van der Waals surface area contributed by atoms with Crippen LogP contribution in [0.4, 0.5) is 0 Å². The van der Waals surface area contributed by atoms with Gasteiger partial charge in [0.2, 0.25) is 0 Å². The van der Waals surface area contributed by atoms with Gasteiger partial charge in [0.15, 0.2) is 0 Å². The molecule has 3 aliphatic rings. The molecule has 2 aliphatic carbocycles. The summed E-state index contributed by atoms with van der Waals surface area (Å²) in [6, 6.07) is 0.626. The Balaban J connectivity index is 1.71. The highest BCUT2D eigenvalue weighted by molar-refractivity contribution is 5.44. The van der Waals surface area contributed by atoms with Crippen LogP contribution in [0.25, 0.3) is 0 Å². The number of hydrogen-bond acceptors (Lipinski definition) is 1. The van der Waals surface area contributed by atoms with Crippen LogP contribution in [-0.2, 0) is 0 Å². The average Bonchev–Trinajstić information content (AvgIpc) is 3.24. The van der Waals surface area contributed by atoms with E-state index in [1.165, 1.54) is 62.6 Å². The number of rotatable bonds is 4. The SMILES string of the molecule is C=C(CC1CC1)C1=CCC(C)C(C2CCCCN2)=C1. The van der Waals surface area contributed by atoms with Crippen LogP contribution in [0.2, 0.25) is 0 Å². The fraction of sp³-hybridized carbons (Fsp3) is 0.667. The Morgan fingerprint density at radius 1 is 1.32 bits per heavy atom. The van der Waals surface area contributed by atoms with Gasteiger partial charge in [0.1, 0.15) is 0 Å². The molecule has 2 unspecified atom stereocenters. The summed E-state index contributed by atoms with van der Waals surface area (Å²) in [5.74, 6) is 1.64. The van der Waals surface area contributed by atoms with E-state index in [-0.39, 0.29) is 0 Å². The Morgan fingerprint density at radius 2 is 2.16 bits per heavy atom. The smallest absolute Gasteiger partial charge is 0.0285 e. The van der Waals surface area contributed by atoms with E-state index in [0.29, 0.717) is 12.0 Å². The van der Waals surface area contributed by atoms with Gasteiger partial charge in [0.25, 0.3) is 0 Å². The van der Waals surface area contributed by atoms with Gasteiger partial charge >= 0.3 is 0 Å². The van der Waals surface area contributed by atoms with E-state index < -0.39 is 0 Å².